The fourth-order valence-electron chi connectivity index (χ4n) is 4.56. The van der Waals surface area contributed by atoms with Crippen LogP contribution in [0.15, 0.2) is 72.8 Å². The van der Waals surface area contributed by atoms with E-state index in [1.54, 1.807) is 26.8 Å². The van der Waals surface area contributed by atoms with Crippen LogP contribution in [0.3, 0.4) is 0 Å². The number of carbonyl (C=O) groups excluding carboxylic acids is 3. The monoisotopic (exact) mass is 565 g/mol. The Hall–Kier alpha value is -3.29. The lowest BCUT2D eigenvalue weighted by Gasteiger charge is -2.22. The summed E-state index contributed by atoms with van der Waals surface area (Å²) in [5, 5.41) is 3.24. The van der Waals surface area contributed by atoms with E-state index < -0.39 is 23.7 Å². The van der Waals surface area contributed by atoms with Gasteiger partial charge in [-0.05, 0) is 54.7 Å². The van der Waals surface area contributed by atoms with Crippen LogP contribution in [-0.2, 0) is 24.8 Å². The third-order valence-electron chi connectivity index (χ3n) is 6.27. The van der Waals surface area contributed by atoms with Crippen LogP contribution in [0.5, 0.6) is 0 Å². The number of alkyl carbamates (subject to hydrolysis) is 1. The van der Waals surface area contributed by atoms with E-state index in [2.05, 4.69) is 17.4 Å². The first kappa shape index (κ1) is 28.7. The van der Waals surface area contributed by atoms with Crippen molar-refractivity contribution in [3.63, 3.8) is 0 Å². The van der Waals surface area contributed by atoms with Crippen LogP contribution in [0.4, 0.5) is 4.79 Å². The lowest BCUT2D eigenvalue weighted by molar-refractivity contribution is -0.156. The first-order valence-corrected chi connectivity index (χ1v) is 14.3. The molecule has 3 aromatic carbocycles. The molecule has 1 aliphatic carbocycles. The Kier molecular flexibility index (Phi) is 9.36. The molecule has 0 spiro atoms. The molecular formula is C31H32ClNO5S. The molecule has 0 bridgehead atoms. The predicted molar refractivity (Wildman–Crippen MR) is 155 cm³/mol. The summed E-state index contributed by atoms with van der Waals surface area (Å²) in [4.78, 5) is 38.5. The van der Waals surface area contributed by atoms with E-state index in [0.717, 1.165) is 27.8 Å². The number of thioether (sulfide) groups is 1. The molecule has 0 fully saturated rings. The number of hydrogen-bond acceptors (Lipinski definition) is 6. The summed E-state index contributed by atoms with van der Waals surface area (Å²) in [6.45, 7) is 5.36. The van der Waals surface area contributed by atoms with Gasteiger partial charge in [0, 0.05) is 16.7 Å². The maximum absolute atomic E-state index is 13.1. The summed E-state index contributed by atoms with van der Waals surface area (Å²) in [5.74, 6) is -0.380. The molecule has 0 radical (unpaired) electrons. The summed E-state index contributed by atoms with van der Waals surface area (Å²) >= 11 is 7.58. The Morgan fingerprint density at radius 3 is 2.13 bits per heavy atom. The molecular weight excluding hydrogens is 534 g/mol. The first-order chi connectivity index (χ1) is 18.6. The van der Waals surface area contributed by atoms with E-state index in [1.807, 2.05) is 54.6 Å². The number of rotatable bonds is 10. The van der Waals surface area contributed by atoms with Crippen molar-refractivity contribution in [3.8, 4) is 11.1 Å². The van der Waals surface area contributed by atoms with Gasteiger partial charge in [0.15, 0.2) is 5.78 Å². The Morgan fingerprint density at radius 1 is 0.923 bits per heavy atom. The smallest absolute Gasteiger partial charge is 0.407 e. The fraction of sp³-hybridized carbons (Fsp3) is 0.323. The number of halogens is 1. The quantitative estimate of drug-likeness (QED) is 0.273. The van der Waals surface area contributed by atoms with E-state index in [9.17, 15) is 14.4 Å². The lowest BCUT2D eigenvalue weighted by atomic mass is 9.98. The van der Waals surface area contributed by atoms with Gasteiger partial charge < -0.3 is 14.8 Å². The number of benzene rings is 3. The topological polar surface area (TPSA) is 81.7 Å². The Balaban J connectivity index is 1.40. The van der Waals surface area contributed by atoms with Crippen molar-refractivity contribution in [1.29, 1.82) is 0 Å². The van der Waals surface area contributed by atoms with Crippen LogP contribution in [-0.4, -0.2) is 41.8 Å². The Labute approximate surface area is 238 Å². The molecule has 1 atom stereocenters. The average molecular weight is 566 g/mol. The summed E-state index contributed by atoms with van der Waals surface area (Å²) < 4.78 is 11.0. The number of carbonyl (C=O) groups is 3. The number of ketones is 1. The summed E-state index contributed by atoms with van der Waals surface area (Å²) in [6.07, 6.45) is -1.04. The molecule has 1 N–H and O–H groups in total. The molecule has 1 amide bonds. The zero-order valence-electron chi connectivity index (χ0n) is 22.2. The molecule has 8 heteroatoms. The first-order valence-electron chi connectivity index (χ1n) is 12.8. The van der Waals surface area contributed by atoms with Gasteiger partial charge in [0.1, 0.15) is 18.2 Å². The van der Waals surface area contributed by atoms with Gasteiger partial charge in [0.05, 0.1) is 12.2 Å². The maximum Gasteiger partial charge on any atom is 0.407 e. The third-order valence-corrected chi connectivity index (χ3v) is 7.65. The second-order valence-electron chi connectivity index (χ2n) is 10.4. The maximum atomic E-state index is 13.1. The van der Waals surface area contributed by atoms with Gasteiger partial charge in [-0.3, -0.25) is 9.59 Å². The molecule has 204 valence electrons. The number of amides is 1. The van der Waals surface area contributed by atoms with Crippen molar-refractivity contribution in [2.24, 2.45) is 0 Å². The largest absolute Gasteiger partial charge is 0.460 e. The van der Waals surface area contributed by atoms with E-state index in [1.165, 1.54) is 11.8 Å². The van der Waals surface area contributed by atoms with E-state index in [4.69, 9.17) is 21.1 Å². The molecule has 39 heavy (non-hydrogen) atoms. The molecule has 6 nitrogen and oxygen atoms in total. The second kappa shape index (κ2) is 12.7. The SMILES string of the molecule is CC(C)(C)OC(=O)C[C@H](NC(=O)OCC1c2ccccc2-c2ccccc21)C(=O)CSCc1ccccc1Cl. The van der Waals surface area contributed by atoms with Crippen LogP contribution < -0.4 is 5.32 Å². The van der Waals surface area contributed by atoms with Crippen LogP contribution in [0, 0.1) is 0 Å². The molecule has 4 rings (SSSR count). The molecule has 0 unspecified atom stereocenters. The van der Waals surface area contributed by atoms with Crippen LogP contribution in [0.25, 0.3) is 11.1 Å². The van der Waals surface area contributed by atoms with Gasteiger partial charge >= 0.3 is 12.1 Å². The molecule has 0 aromatic heterocycles. The predicted octanol–water partition coefficient (Wildman–Crippen LogP) is 6.78. The number of ether oxygens (including phenoxy) is 2. The Bertz CT molecular complexity index is 1310. The van der Waals surface area contributed by atoms with E-state index >= 15 is 0 Å². The number of fused-ring (bicyclic) bond motifs is 3. The number of esters is 1. The lowest BCUT2D eigenvalue weighted by Crippen LogP contribution is -2.44. The van der Waals surface area contributed by atoms with Crippen molar-refractivity contribution >= 4 is 41.2 Å². The molecule has 1 aliphatic rings. The van der Waals surface area contributed by atoms with Crippen molar-refractivity contribution in [3.05, 3.63) is 94.5 Å². The molecule has 0 saturated carbocycles. The molecule has 3 aromatic rings. The van der Waals surface area contributed by atoms with Crippen LogP contribution in [0.1, 0.15) is 49.8 Å². The molecule has 0 saturated heterocycles. The van der Waals surface area contributed by atoms with Crippen molar-refractivity contribution in [2.75, 3.05) is 12.4 Å². The van der Waals surface area contributed by atoms with Crippen molar-refractivity contribution in [1.82, 2.24) is 5.32 Å². The highest BCUT2D eigenvalue weighted by molar-refractivity contribution is 7.99. The van der Waals surface area contributed by atoms with Crippen molar-refractivity contribution < 1.29 is 23.9 Å². The van der Waals surface area contributed by atoms with Gasteiger partial charge in [0.2, 0.25) is 0 Å². The minimum absolute atomic E-state index is 0.0857. The zero-order valence-corrected chi connectivity index (χ0v) is 23.8. The Morgan fingerprint density at radius 2 is 1.51 bits per heavy atom. The van der Waals surface area contributed by atoms with Gasteiger partial charge in [0.25, 0.3) is 0 Å². The average Bonchev–Trinajstić information content (AvgIpc) is 3.21. The third kappa shape index (κ3) is 7.64. The minimum atomic E-state index is -1.07. The highest BCUT2D eigenvalue weighted by Gasteiger charge is 2.31. The van der Waals surface area contributed by atoms with Crippen LogP contribution in [0.2, 0.25) is 5.02 Å². The van der Waals surface area contributed by atoms with E-state index in [0.29, 0.717) is 10.8 Å². The minimum Gasteiger partial charge on any atom is -0.460 e. The summed E-state index contributed by atoms with van der Waals surface area (Å²) in [7, 11) is 0. The van der Waals surface area contributed by atoms with Gasteiger partial charge in [-0.1, -0.05) is 78.3 Å². The van der Waals surface area contributed by atoms with Crippen molar-refractivity contribution in [2.45, 2.75) is 50.5 Å². The van der Waals surface area contributed by atoms with Gasteiger partial charge in [-0.15, -0.1) is 11.8 Å². The summed E-state index contributed by atoms with van der Waals surface area (Å²) in [5.41, 5.74) is 4.61. The second-order valence-corrected chi connectivity index (χ2v) is 11.8. The van der Waals surface area contributed by atoms with Gasteiger partial charge in [-0.2, -0.15) is 0 Å². The van der Waals surface area contributed by atoms with Gasteiger partial charge in [-0.25, -0.2) is 4.79 Å². The highest BCUT2D eigenvalue weighted by atomic mass is 35.5. The number of Topliss-reactive ketones (excluding diaryl/α,β-unsaturated/α-hetero) is 1. The van der Waals surface area contributed by atoms with E-state index in [-0.39, 0.29) is 30.5 Å². The molecule has 0 heterocycles. The molecule has 0 aliphatic heterocycles. The zero-order chi connectivity index (χ0) is 28.0. The fourth-order valence-corrected chi connectivity index (χ4v) is 5.81. The number of hydrogen-bond donors (Lipinski definition) is 1. The summed E-state index contributed by atoms with van der Waals surface area (Å²) in [6, 6.07) is 22.4. The standard InChI is InChI=1S/C31H32ClNO5S/c1-31(2,3)38-29(35)16-27(28(34)19-39-18-20-10-4-9-15-26(20)32)33-30(36)37-17-25-23-13-7-5-11-21(23)22-12-6-8-14-24(22)25/h4-15,25,27H,16-19H2,1-3H3,(H,33,36)/t27-/m0/s1. The normalized spacial score (nSPS) is 13.2. The van der Waals surface area contributed by atoms with Crippen LogP contribution >= 0.6 is 23.4 Å². The highest BCUT2D eigenvalue weighted by Crippen LogP contribution is 2.44. The number of nitrogens with one attached hydrogen (secondary N) is 1.